The second-order valence-electron chi connectivity index (χ2n) is 8.11. The molecule has 0 unspecified atom stereocenters. The summed E-state index contributed by atoms with van der Waals surface area (Å²) in [6.45, 7) is 1.85. The van der Waals surface area contributed by atoms with Gasteiger partial charge < -0.3 is 15.2 Å². The number of aliphatic carboxylic acids is 1. The zero-order valence-electron chi connectivity index (χ0n) is 18.1. The van der Waals surface area contributed by atoms with Gasteiger partial charge in [0.05, 0.1) is 6.04 Å². The fourth-order valence-corrected chi connectivity index (χ4v) is 4.51. The minimum Gasteiger partial charge on any atom is -0.475 e. The van der Waals surface area contributed by atoms with Crippen LogP contribution in [0, 0.1) is 17.6 Å². The highest BCUT2D eigenvalue weighted by Gasteiger charge is 2.46. The quantitative estimate of drug-likeness (QED) is 0.632. The molecule has 0 spiro atoms. The molecule has 1 aliphatic carbocycles. The Morgan fingerprint density at radius 1 is 1.12 bits per heavy atom. The number of alkyl halides is 3. The fourth-order valence-electron chi connectivity index (χ4n) is 4.51. The van der Waals surface area contributed by atoms with Gasteiger partial charge in [-0.1, -0.05) is 24.3 Å². The number of halogens is 5. The average Bonchev–Trinajstić information content (AvgIpc) is 3.29. The molecule has 1 fully saturated rings. The first kappa shape index (κ1) is 25.6. The molecule has 2 N–H and O–H groups in total. The number of fused-ring (bicyclic) bond motifs is 3. The Morgan fingerprint density at radius 2 is 1.76 bits per heavy atom. The van der Waals surface area contributed by atoms with E-state index in [1.54, 1.807) is 0 Å². The van der Waals surface area contributed by atoms with E-state index in [-0.39, 0.29) is 36.2 Å². The van der Waals surface area contributed by atoms with Crippen molar-refractivity contribution >= 4 is 11.9 Å². The Hall–Kier alpha value is -3.05. The molecule has 0 saturated carbocycles. The van der Waals surface area contributed by atoms with Crippen molar-refractivity contribution in [2.24, 2.45) is 5.92 Å². The third-order valence-corrected chi connectivity index (χ3v) is 5.84. The van der Waals surface area contributed by atoms with Crippen LogP contribution >= 0.6 is 0 Å². The molecule has 1 heterocycles. The first-order valence-electron chi connectivity index (χ1n) is 10.3. The average molecular weight is 486 g/mol. The van der Waals surface area contributed by atoms with E-state index in [4.69, 9.17) is 14.6 Å². The smallest absolute Gasteiger partial charge is 0.475 e. The van der Waals surface area contributed by atoms with Crippen LogP contribution in [-0.2, 0) is 20.9 Å². The van der Waals surface area contributed by atoms with Crippen LogP contribution in [-0.4, -0.2) is 54.9 Å². The largest absolute Gasteiger partial charge is 0.490 e. The number of hydrogen-bond donors (Lipinski definition) is 2. The van der Waals surface area contributed by atoms with Crippen molar-refractivity contribution in [1.82, 2.24) is 10.2 Å². The summed E-state index contributed by atoms with van der Waals surface area (Å²) in [6, 6.07) is 11.6. The normalized spacial score (nSPS) is 21.3. The highest BCUT2D eigenvalue weighted by molar-refractivity contribution is 5.78. The molecule has 0 radical (unpaired) electrons. The number of ether oxygens (including phenoxy) is 1. The van der Waals surface area contributed by atoms with Gasteiger partial charge in [-0.3, -0.25) is 9.69 Å². The van der Waals surface area contributed by atoms with E-state index < -0.39 is 18.0 Å². The number of amides is 1. The molecule has 2 aromatic carbocycles. The van der Waals surface area contributed by atoms with Crippen LogP contribution in [0.15, 0.2) is 42.5 Å². The first-order valence-corrected chi connectivity index (χ1v) is 10.3. The van der Waals surface area contributed by atoms with Crippen LogP contribution in [0.25, 0.3) is 0 Å². The lowest BCUT2D eigenvalue weighted by Gasteiger charge is -2.23. The van der Waals surface area contributed by atoms with Gasteiger partial charge in [-0.2, -0.15) is 13.2 Å². The summed E-state index contributed by atoms with van der Waals surface area (Å²) in [4.78, 5) is 23.1. The molecule has 6 nitrogen and oxygen atoms in total. The Morgan fingerprint density at radius 3 is 2.38 bits per heavy atom. The predicted molar refractivity (Wildman–Crippen MR) is 111 cm³/mol. The van der Waals surface area contributed by atoms with Crippen molar-refractivity contribution in [2.75, 3.05) is 26.8 Å². The summed E-state index contributed by atoms with van der Waals surface area (Å²) in [5.74, 6) is -3.25. The number of carbonyl (C=O) groups excluding carboxylic acids is 1. The van der Waals surface area contributed by atoms with E-state index in [9.17, 15) is 26.7 Å². The zero-order chi connectivity index (χ0) is 25.0. The number of carboxylic acids is 1. The van der Waals surface area contributed by atoms with Gasteiger partial charge in [0.1, 0.15) is 18.2 Å². The number of hydrogen-bond acceptors (Lipinski definition) is 4. The van der Waals surface area contributed by atoms with E-state index in [1.165, 1.54) is 24.8 Å². The maximum absolute atomic E-state index is 14.0. The number of nitrogens with zero attached hydrogens (tertiary/aromatic N) is 1. The summed E-state index contributed by atoms with van der Waals surface area (Å²) in [5.41, 5.74) is 2.74. The topological polar surface area (TPSA) is 78.9 Å². The SMILES string of the molecule is COCC(=O)N[C@@H]1c2ccccc2[C@@H]2CN(Cc3cc(F)ccc3F)C[C@H]12.O=C(O)C(F)(F)F. The number of carbonyl (C=O) groups is 2. The molecular formula is C23H23F5N2O4. The van der Waals surface area contributed by atoms with E-state index in [0.717, 1.165) is 18.2 Å². The van der Waals surface area contributed by atoms with Gasteiger partial charge >= 0.3 is 12.1 Å². The lowest BCUT2D eigenvalue weighted by molar-refractivity contribution is -0.192. The zero-order valence-corrected chi connectivity index (χ0v) is 18.1. The number of rotatable bonds is 5. The molecule has 0 bridgehead atoms. The lowest BCUT2D eigenvalue weighted by atomic mass is 9.94. The maximum atomic E-state index is 14.0. The fraction of sp³-hybridized carbons (Fsp3) is 0.391. The van der Waals surface area contributed by atoms with Gasteiger partial charge in [-0.25, -0.2) is 13.6 Å². The Bertz CT molecular complexity index is 1050. The van der Waals surface area contributed by atoms with Crippen LogP contribution in [0.3, 0.4) is 0 Å². The van der Waals surface area contributed by atoms with Crippen LogP contribution in [0.1, 0.15) is 28.7 Å². The second kappa shape index (κ2) is 10.5. The predicted octanol–water partition coefficient (Wildman–Crippen LogP) is 3.63. The maximum Gasteiger partial charge on any atom is 0.490 e. The van der Waals surface area contributed by atoms with Crippen LogP contribution in [0.5, 0.6) is 0 Å². The van der Waals surface area contributed by atoms with E-state index in [1.807, 2.05) is 12.1 Å². The second-order valence-corrected chi connectivity index (χ2v) is 8.11. The third kappa shape index (κ3) is 5.89. The highest BCUT2D eigenvalue weighted by Crippen LogP contribution is 2.49. The molecule has 1 amide bonds. The summed E-state index contributed by atoms with van der Waals surface area (Å²) in [6.07, 6.45) is -5.08. The first-order chi connectivity index (χ1) is 16.0. The Labute approximate surface area is 192 Å². The van der Waals surface area contributed by atoms with Crippen LogP contribution in [0.4, 0.5) is 22.0 Å². The summed E-state index contributed by atoms with van der Waals surface area (Å²) in [7, 11) is 1.50. The number of carboxylic acid groups (broad SMARTS) is 1. The van der Waals surface area contributed by atoms with Crippen LogP contribution < -0.4 is 5.32 Å². The van der Waals surface area contributed by atoms with Crippen molar-refractivity contribution in [3.8, 4) is 0 Å². The molecule has 3 atom stereocenters. The van der Waals surface area contributed by atoms with Crippen molar-refractivity contribution < 1.29 is 41.4 Å². The summed E-state index contributed by atoms with van der Waals surface area (Å²) < 4.78 is 64.2. The number of likely N-dealkylation sites (tertiary alicyclic amines) is 1. The highest BCUT2D eigenvalue weighted by atomic mass is 19.4. The molecule has 34 heavy (non-hydrogen) atoms. The molecule has 11 heteroatoms. The molecule has 0 aromatic heterocycles. The monoisotopic (exact) mass is 486 g/mol. The van der Waals surface area contributed by atoms with Gasteiger partial charge in [0.25, 0.3) is 0 Å². The van der Waals surface area contributed by atoms with Gasteiger partial charge in [0.2, 0.25) is 5.91 Å². The van der Waals surface area contributed by atoms with Crippen molar-refractivity contribution in [3.05, 3.63) is 70.8 Å². The van der Waals surface area contributed by atoms with Gasteiger partial charge in [-0.15, -0.1) is 0 Å². The van der Waals surface area contributed by atoms with Gasteiger partial charge in [-0.05, 0) is 29.3 Å². The van der Waals surface area contributed by atoms with E-state index in [0.29, 0.717) is 18.7 Å². The molecule has 1 aliphatic heterocycles. The van der Waals surface area contributed by atoms with Crippen LogP contribution in [0.2, 0.25) is 0 Å². The standard InChI is InChI=1S/C21H22F2N2O2.C2HF3O2/c1-27-12-20(26)24-21-16-5-3-2-4-15(16)17-10-25(11-18(17)21)9-13-8-14(22)6-7-19(13)23;3-2(4,5)1(6)7/h2-8,17-18,21H,9-12H2,1H3,(H,24,26);(H,6,7)/t17-,18-,21+;/m0./s1. The molecule has 184 valence electrons. The van der Waals surface area contributed by atoms with E-state index in [2.05, 4.69) is 22.3 Å². The van der Waals surface area contributed by atoms with Crippen molar-refractivity contribution in [2.45, 2.75) is 24.7 Å². The van der Waals surface area contributed by atoms with Crippen molar-refractivity contribution in [1.29, 1.82) is 0 Å². The number of benzene rings is 2. The van der Waals surface area contributed by atoms with E-state index >= 15 is 0 Å². The number of nitrogens with one attached hydrogen (secondary N) is 1. The lowest BCUT2D eigenvalue weighted by Crippen LogP contribution is -2.35. The van der Waals surface area contributed by atoms with Crippen molar-refractivity contribution in [3.63, 3.8) is 0 Å². The Kier molecular flexibility index (Phi) is 7.88. The third-order valence-electron chi connectivity index (χ3n) is 5.84. The molecule has 1 saturated heterocycles. The minimum absolute atomic E-state index is 0.0221. The molecule has 2 aromatic rings. The summed E-state index contributed by atoms with van der Waals surface area (Å²) >= 11 is 0. The van der Waals surface area contributed by atoms with Gasteiger partial charge in [0.15, 0.2) is 0 Å². The number of methoxy groups -OCH3 is 1. The summed E-state index contributed by atoms with van der Waals surface area (Å²) in [5, 5.41) is 10.2. The van der Waals surface area contributed by atoms with Gasteiger partial charge in [0, 0.05) is 44.1 Å². The minimum atomic E-state index is -5.08. The molecular weight excluding hydrogens is 463 g/mol. The molecule has 4 rings (SSSR count). The molecule has 2 aliphatic rings. The Balaban J connectivity index is 0.000000406.